The molecule has 0 fully saturated rings. The maximum Gasteiger partial charge on any atom is 0.352 e. The van der Waals surface area contributed by atoms with Gasteiger partial charge in [0.1, 0.15) is 5.69 Å². The minimum absolute atomic E-state index is 0.306. The summed E-state index contributed by atoms with van der Waals surface area (Å²) in [5, 5.41) is 9.05. The maximum absolute atomic E-state index is 11.0. The van der Waals surface area contributed by atoms with Crippen LogP contribution in [-0.2, 0) is 7.05 Å². The molecular formula is C15H17NO2. The van der Waals surface area contributed by atoms with E-state index in [2.05, 4.69) is 26.0 Å². The second kappa shape index (κ2) is 4.69. The van der Waals surface area contributed by atoms with E-state index in [1.807, 2.05) is 18.2 Å². The number of carboxylic acids is 1. The molecule has 1 heterocycles. The fraction of sp³-hybridized carbons (Fsp3) is 0.267. The third-order valence-corrected chi connectivity index (χ3v) is 3.19. The molecule has 2 aromatic rings. The topological polar surface area (TPSA) is 42.2 Å². The number of benzene rings is 1. The summed E-state index contributed by atoms with van der Waals surface area (Å²) in [7, 11) is 1.78. The van der Waals surface area contributed by atoms with E-state index in [9.17, 15) is 4.79 Å². The van der Waals surface area contributed by atoms with E-state index < -0.39 is 5.97 Å². The zero-order chi connectivity index (χ0) is 13.3. The third-order valence-electron chi connectivity index (χ3n) is 3.19. The second-order valence-corrected chi connectivity index (χ2v) is 4.75. The molecule has 0 amide bonds. The Balaban J connectivity index is 2.49. The normalized spacial score (nSPS) is 10.9. The van der Waals surface area contributed by atoms with Crippen LogP contribution in [0, 0.1) is 0 Å². The maximum atomic E-state index is 11.0. The Morgan fingerprint density at radius 2 is 1.94 bits per heavy atom. The molecule has 2 rings (SSSR count). The number of nitrogens with zero attached hydrogens (tertiary/aromatic N) is 1. The van der Waals surface area contributed by atoms with E-state index in [1.54, 1.807) is 17.7 Å². The quantitative estimate of drug-likeness (QED) is 0.896. The Hall–Kier alpha value is -2.03. The Morgan fingerprint density at radius 3 is 2.50 bits per heavy atom. The molecule has 0 spiro atoms. The Kier molecular flexibility index (Phi) is 3.24. The fourth-order valence-electron chi connectivity index (χ4n) is 2.07. The monoisotopic (exact) mass is 243 g/mol. The molecule has 0 atom stereocenters. The largest absolute Gasteiger partial charge is 0.477 e. The van der Waals surface area contributed by atoms with Gasteiger partial charge in [-0.1, -0.05) is 32.0 Å². The molecule has 0 aliphatic carbocycles. The summed E-state index contributed by atoms with van der Waals surface area (Å²) in [5.74, 6) is -0.437. The molecular weight excluding hydrogens is 226 g/mol. The molecule has 0 radical (unpaired) electrons. The highest BCUT2D eigenvalue weighted by molar-refractivity contribution is 5.87. The lowest BCUT2D eigenvalue weighted by molar-refractivity contribution is 0.0687. The number of aromatic nitrogens is 1. The average molecular weight is 243 g/mol. The van der Waals surface area contributed by atoms with Crippen molar-refractivity contribution in [2.45, 2.75) is 19.8 Å². The summed E-state index contributed by atoms with van der Waals surface area (Å²) in [6, 6.07) is 11.7. The molecule has 1 N–H and O–H groups in total. The van der Waals surface area contributed by atoms with Gasteiger partial charge in [0.2, 0.25) is 0 Å². The molecule has 0 aliphatic rings. The lowest BCUT2D eigenvalue weighted by Crippen LogP contribution is -2.05. The molecule has 1 aromatic carbocycles. The fourth-order valence-corrected chi connectivity index (χ4v) is 2.07. The minimum Gasteiger partial charge on any atom is -0.477 e. The minimum atomic E-state index is -0.899. The van der Waals surface area contributed by atoms with Crippen molar-refractivity contribution in [2.75, 3.05) is 0 Å². The SMILES string of the molecule is CC(C)c1cccc(-c2ccc(C(=O)O)n2C)c1. The lowest BCUT2D eigenvalue weighted by Gasteiger charge is -2.09. The van der Waals surface area contributed by atoms with Crippen LogP contribution in [0.2, 0.25) is 0 Å². The number of carboxylic acid groups (broad SMARTS) is 1. The first-order chi connectivity index (χ1) is 8.50. The van der Waals surface area contributed by atoms with E-state index in [1.165, 1.54) is 5.56 Å². The molecule has 0 saturated carbocycles. The summed E-state index contributed by atoms with van der Waals surface area (Å²) >= 11 is 0. The highest BCUT2D eigenvalue weighted by Crippen LogP contribution is 2.25. The van der Waals surface area contributed by atoms with Crippen LogP contribution in [0.1, 0.15) is 35.8 Å². The van der Waals surface area contributed by atoms with Gasteiger partial charge in [0, 0.05) is 12.7 Å². The van der Waals surface area contributed by atoms with Crippen molar-refractivity contribution in [1.29, 1.82) is 0 Å². The Bertz CT molecular complexity index is 582. The van der Waals surface area contributed by atoms with Crippen molar-refractivity contribution in [3.8, 4) is 11.3 Å². The molecule has 0 aliphatic heterocycles. The number of rotatable bonds is 3. The van der Waals surface area contributed by atoms with Crippen LogP contribution in [0.15, 0.2) is 36.4 Å². The van der Waals surface area contributed by atoms with Gasteiger partial charge >= 0.3 is 5.97 Å². The Labute approximate surface area is 107 Å². The summed E-state index contributed by atoms with van der Waals surface area (Å²) in [6.45, 7) is 4.29. The van der Waals surface area contributed by atoms with E-state index in [0.717, 1.165) is 11.3 Å². The molecule has 0 bridgehead atoms. The van der Waals surface area contributed by atoms with Gasteiger partial charge in [-0.05, 0) is 35.2 Å². The predicted molar refractivity (Wildman–Crippen MR) is 71.9 cm³/mol. The van der Waals surface area contributed by atoms with Crippen LogP contribution in [-0.4, -0.2) is 15.6 Å². The van der Waals surface area contributed by atoms with E-state index in [-0.39, 0.29) is 0 Å². The van der Waals surface area contributed by atoms with E-state index >= 15 is 0 Å². The van der Waals surface area contributed by atoms with Crippen LogP contribution in [0.25, 0.3) is 11.3 Å². The number of hydrogen-bond donors (Lipinski definition) is 1. The highest BCUT2D eigenvalue weighted by atomic mass is 16.4. The van der Waals surface area contributed by atoms with E-state index in [0.29, 0.717) is 11.6 Å². The standard InChI is InChI=1S/C15H17NO2/c1-10(2)11-5-4-6-12(9-11)13-7-8-14(15(17)18)16(13)3/h4-10H,1-3H3,(H,17,18). The van der Waals surface area contributed by atoms with Gasteiger partial charge in [0.05, 0.1) is 0 Å². The summed E-state index contributed by atoms with van der Waals surface area (Å²) in [5.41, 5.74) is 3.54. The molecule has 1 aromatic heterocycles. The van der Waals surface area contributed by atoms with Gasteiger partial charge in [-0.3, -0.25) is 0 Å². The van der Waals surface area contributed by atoms with Crippen LogP contribution in [0.5, 0.6) is 0 Å². The molecule has 3 heteroatoms. The smallest absolute Gasteiger partial charge is 0.352 e. The zero-order valence-electron chi connectivity index (χ0n) is 10.8. The first-order valence-corrected chi connectivity index (χ1v) is 6.00. The number of aromatic carboxylic acids is 1. The van der Waals surface area contributed by atoms with Crippen LogP contribution < -0.4 is 0 Å². The van der Waals surface area contributed by atoms with Crippen LogP contribution in [0.3, 0.4) is 0 Å². The number of carbonyl (C=O) groups is 1. The van der Waals surface area contributed by atoms with Gasteiger partial charge in [0.25, 0.3) is 0 Å². The average Bonchev–Trinajstić information content (AvgIpc) is 2.71. The molecule has 3 nitrogen and oxygen atoms in total. The van der Waals surface area contributed by atoms with Crippen LogP contribution in [0.4, 0.5) is 0 Å². The van der Waals surface area contributed by atoms with Gasteiger partial charge in [-0.2, -0.15) is 0 Å². The van der Waals surface area contributed by atoms with Crippen molar-refractivity contribution in [1.82, 2.24) is 4.57 Å². The van der Waals surface area contributed by atoms with Gasteiger partial charge in [-0.15, -0.1) is 0 Å². The number of hydrogen-bond acceptors (Lipinski definition) is 1. The summed E-state index contributed by atoms with van der Waals surface area (Å²) in [6.07, 6.45) is 0. The molecule has 0 unspecified atom stereocenters. The van der Waals surface area contributed by atoms with Crippen molar-refractivity contribution >= 4 is 5.97 Å². The first-order valence-electron chi connectivity index (χ1n) is 6.00. The molecule has 94 valence electrons. The predicted octanol–water partition coefficient (Wildman–Crippen LogP) is 3.51. The van der Waals surface area contributed by atoms with Gasteiger partial charge < -0.3 is 9.67 Å². The summed E-state index contributed by atoms with van der Waals surface area (Å²) < 4.78 is 1.71. The molecule has 18 heavy (non-hydrogen) atoms. The van der Waals surface area contributed by atoms with Crippen LogP contribution >= 0.6 is 0 Å². The third kappa shape index (κ3) is 2.16. The zero-order valence-corrected chi connectivity index (χ0v) is 10.8. The van der Waals surface area contributed by atoms with Gasteiger partial charge in [-0.25, -0.2) is 4.79 Å². The van der Waals surface area contributed by atoms with Crippen molar-refractivity contribution in [3.63, 3.8) is 0 Å². The van der Waals surface area contributed by atoms with Crippen molar-refractivity contribution in [3.05, 3.63) is 47.7 Å². The van der Waals surface area contributed by atoms with E-state index in [4.69, 9.17) is 5.11 Å². The van der Waals surface area contributed by atoms with Gasteiger partial charge in [0.15, 0.2) is 0 Å². The van der Waals surface area contributed by atoms with Crippen molar-refractivity contribution in [2.24, 2.45) is 7.05 Å². The van der Waals surface area contributed by atoms with Crippen molar-refractivity contribution < 1.29 is 9.90 Å². The lowest BCUT2D eigenvalue weighted by atomic mass is 10.00. The summed E-state index contributed by atoms with van der Waals surface area (Å²) in [4.78, 5) is 11.0. The first kappa shape index (κ1) is 12.4. The Morgan fingerprint density at radius 1 is 1.22 bits per heavy atom. The molecule has 0 saturated heterocycles. The second-order valence-electron chi connectivity index (χ2n) is 4.75. The highest BCUT2D eigenvalue weighted by Gasteiger charge is 2.12.